The number of halogens is 4. The van der Waals surface area contributed by atoms with E-state index in [0.717, 1.165) is 12.8 Å². The van der Waals surface area contributed by atoms with Gasteiger partial charge in [-0.3, -0.25) is 9.35 Å². The van der Waals surface area contributed by atoms with E-state index in [-0.39, 0.29) is 0 Å². The normalized spacial score (nSPS) is 35.2. The van der Waals surface area contributed by atoms with Crippen molar-refractivity contribution in [3.8, 4) is 0 Å². The highest BCUT2D eigenvalue weighted by Crippen LogP contribution is 2.57. The summed E-state index contributed by atoms with van der Waals surface area (Å²) in [5.74, 6) is -8.20. The summed E-state index contributed by atoms with van der Waals surface area (Å²) in [6, 6.07) is 0. The van der Waals surface area contributed by atoms with E-state index in [1.807, 2.05) is 0 Å². The Hall–Kier alpha value is -1.55. The Kier molecular flexibility index (Phi) is 5.96. The Morgan fingerprint density at radius 1 is 1.15 bits per heavy atom. The average Bonchev–Trinajstić information content (AvgIpc) is 3.42. The number of carbonyl (C=O) groups is 2. The van der Waals surface area contributed by atoms with Gasteiger partial charge in [0, 0.05) is 5.92 Å². The van der Waals surface area contributed by atoms with E-state index < -0.39 is 94.7 Å². The molecule has 3 aliphatic heterocycles. The molecule has 0 amide bonds. The second-order valence-corrected chi connectivity index (χ2v) is 10.2. The van der Waals surface area contributed by atoms with Crippen molar-refractivity contribution in [3.63, 3.8) is 0 Å². The van der Waals surface area contributed by atoms with Gasteiger partial charge >= 0.3 is 33.2 Å². The van der Waals surface area contributed by atoms with E-state index in [2.05, 4.69) is 4.74 Å². The number of aliphatic hydroxyl groups is 1. The molecule has 0 aromatic carbocycles. The topological polar surface area (TPSA) is 146 Å². The Morgan fingerprint density at radius 3 is 2.39 bits per heavy atom. The smallest absolute Gasteiger partial charge is 0.431 e. The number of hydrogen-bond donors (Lipinski definition) is 2. The number of ether oxygens (including phenoxy) is 4. The molecule has 188 valence electrons. The van der Waals surface area contributed by atoms with Gasteiger partial charge in [0.2, 0.25) is 0 Å². The standard InChI is InChI=1S/C18H22F4O10S/c19-17(20,18(21,22)33(26,27)28)5-6-29-8(23)7-30-13-12-10(16(25)3-1-2-4-16)9-11(31-12)14(13)32-15(9)24/h9-14,25H,1-7H2,(H,26,27,28). The first kappa shape index (κ1) is 24.6. The molecule has 3 saturated heterocycles. The molecule has 15 heteroatoms. The van der Waals surface area contributed by atoms with Gasteiger partial charge in [-0.1, -0.05) is 12.8 Å². The minimum atomic E-state index is -6.39. The van der Waals surface area contributed by atoms with Gasteiger partial charge in [-0.05, 0) is 12.8 Å². The summed E-state index contributed by atoms with van der Waals surface area (Å²) in [5.41, 5.74) is -1.15. The maximum atomic E-state index is 13.4. The predicted octanol–water partition coefficient (Wildman–Crippen LogP) is 0.665. The van der Waals surface area contributed by atoms with E-state index >= 15 is 0 Å². The Morgan fingerprint density at radius 2 is 1.79 bits per heavy atom. The van der Waals surface area contributed by atoms with Gasteiger partial charge in [-0.15, -0.1) is 0 Å². The van der Waals surface area contributed by atoms with E-state index in [0.29, 0.717) is 12.8 Å². The molecular formula is C18H22F4O10S. The third kappa shape index (κ3) is 3.90. The van der Waals surface area contributed by atoms with E-state index in [9.17, 15) is 40.7 Å². The summed E-state index contributed by atoms with van der Waals surface area (Å²) in [6.07, 6.45) is -2.54. The van der Waals surface area contributed by atoms with Crippen LogP contribution in [0.2, 0.25) is 0 Å². The highest BCUT2D eigenvalue weighted by atomic mass is 32.2. The molecule has 1 saturated carbocycles. The third-order valence-corrected chi connectivity index (χ3v) is 7.76. The molecule has 1 aliphatic carbocycles. The largest absolute Gasteiger partial charge is 0.464 e. The number of hydrogen-bond acceptors (Lipinski definition) is 9. The molecule has 33 heavy (non-hydrogen) atoms. The van der Waals surface area contributed by atoms with Crippen molar-refractivity contribution in [2.24, 2.45) is 11.8 Å². The summed E-state index contributed by atoms with van der Waals surface area (Å²) in [7, 11) is -6.39. The number of rotatable bonds is 9. The zero-order chi connectivity index (χ0) is 24.4. The van der Waals surface area contributed by atoms with Crippen molar-refractivity contribution >= 4 is 22.1 Å². The summed E-state index contributed by atoms with van der Waals surface area (Å²) >= 11 is 0. The highest BCUT2D eigenvalue weighted by molar-refractivity contribution is 7.87. The number of fused-ring (bicyclic) bond motifs is 1. The van der Waals surface area contributed by atoms with Crippen molar-refractivity contribution in [3.05, 3.63) is 0 Å². The van der Waals surface area contributed by atoms with Crippen molar-refractivity contribution < 1.29 is 64.2 Å². The van der Waals surface area contributed by atoms with Crippen LogP contribution >= 0.6 is 0 Å². The molecule has 2 N–H and O–H groups in total. The van der Waals surface area contributed by atoms with Crippen molar-refractivity contribution in [2.75, 3.05) is 13.2 Å². The molecule has 10 nitrogen and oxygen atoms in total. The Labute approximate surface area is 185 Å². The fourth-order valence-electron chi connectivity index (χ4n) is 5.31. The van der Waals surface area contributed by atoms with Crippen LogP contribution in [0.3, 0.4) is 0 Å². The van der Waals surface area contributed by atoms with Crippen molar-refractivity contribution in [1.82, 2.24) is 0 Å². The number of carbonyl (C=O) groups excluding carboxylic acids is 2. The van der Waals surface area contributed by atoms with Crippen molar-refractivity contribution in [1.29, 1.82) is 0 Å². The summed E-state index contributed by atoms with van der Waals surface area (Å²) < 4.78 is 103. The van der Waals surface area contributed by atoms with Gasteiger partial charge in [-0.25, -0.2) is 4.79 Å². The maximum absolute atomic E-state index is 13.4. The minimum Gasteiger partial charge on any atom is -0.464 e. The molecule has 3 heterocycles. The first-order valence-corrected chi connectivity index (χ1v) is 11.7. The molecule has 4 fully saturated rings. The molecule has 0 aromatic heterocycles. The van der Waals surface area contributed by atoms with E-state index in [1.54, 1.807) is 0 Å². The quantitative estimate of drug-likeness (QED) is 0.260. The lowest BCUT2D eigenvalue weighted by molar-refractivity contribution is -0.177. The molecular weight excluding hydrogens is 484 g/mol. The lowest BCUT2D eigenvalue weighted by Crippen LogP contribution is -2.53. The van der Waals surface area contributed by atoms with Gasteiger partial charge < -0.3 is 24.1 Å². The van der Waals surface area contributed by atoms with Crippen LogP contribution in [0.25, 0.3) is 0 Å². The van der Waals surface area contributed by atoms with Crippen LogP contribution in [0.1, 0.15) is 32.1 Å². The second kappa shape index (κ2) is 8.00. The Bertz CT molecular complexity index is 919. The molecule has 6 unspecified atom stereocenters. The van der Waals surface area contributed by atoms with Gasteiger partial charge in [0.1, 0.15) is 18.8 Å². The molecule has 0 radical (unpaired) electrons. The van der Waals surface area contributed by atoms with Crippen LogP contribution < -0.4 is 0 Å². The van der Waals surface area contributed by atoms with Crippen LogP contribution in [0, 0.1) is 11.8 Å². The zero-order valence-electron chi connectivity index (χ0n) is 17.0. The lowest BCUT2D eigenvalue weighted by Gasteiger charge is -2.38. The molecule has 6 atom stereocenters. The van der Waals surface area contributed by atoms with E-state index in [4.69, 9.17) is 18.8 Å². The number of alkyl halides is 4. The molecule has 4 aliphatic rings. The first-order valence-electron chi connectivity index (χ1n) is 10.3. The van der Waals surface area contributed by atoms with E-state index in [1.165, 1.54) is 0 Å². The highest BCUT2D eigenvalue weighted by Gasteiger charge is 2.72. The van der Waals surface area contributed by atoms with Crippen LogP contribution in [0.5, 0.6) is 0 Å². The average molecular weight is 506 g/mol. The maximum Gasteiger partial charge on any atom is 0.431 e. The first-order chi connectivity index (χ1) is 15.2. The summed E-state index contributed by atoms with van der Waals surface area (Å²) in [4.78, 5) is 24.2. The van der Waals surface area contributed by atoms with Crippen LogP contribution in [-0.2, 0) is 38.7 Å². The molecule has 2 bridgehead atoms. The van der Waals surface area contributed by atoms with Crippen LogP contribution in [0.4, 0.5) is 17.6 Å². The predicted molar refractivity (Wildman–Crippen MR) is 95.7 cm³/mol. The van der Waals surface area contributed by atoms with Gasteiger partial charge in [0.05, 0.1) is 30.7 Å². The van der Waals surface area contributed by atoms with Gasteiger partial charge in [-0.2, -0.15) is 26.0 Å². The third-order valence-electron chi connectivity index (χ3n) is 6.82. The monoisotopic (exact) mass is 506 g/mol. The Balaban J connectivity index is 1.32. The summed E-state index contributed by atoms with van der Waals surface area (Å²) in [5, 5.41) is 5.27. The van der Waals surface area contributed by atoms with Gasteiger partial charge in [0.25, 0.3) is 0 Å². The lowest BCUT2D eigenvalue weighted by atomic mass is 9.69. The zero-order valence-corrected chi connectivity index (χ0v) is 17.8. The van der Waals surface area contributed by atoms with Crippen LogP contribution in [0.15, 0.2) is 0 Å². The second-order valence-electron chi connectivity index (χ2n) is 8.77. The molecule has 0 spiro atoms. The minimum absolute atomic E-state index is 0.468. The molecule has 4 rings (SSSR count). The summed E-state index contributed by atoms with van der Waals surface area (Å²) in [6.45, 7) is -2.10. The fraction of sp³-hybridized carbons (Fsp3) is 0.889. The van der Waals surface area contributed by atoms with Crippen molar-refractivity contribution in [2.45, 2.75) is 73.3 Å². The molecule has 0 aromatic rings. The SMILES string of the molecule is O=C(COC1C2OC(=O)C3C2OC1C3C1(O)CCCC1)OCCC(F)(F)C(F)(F)S(=O)(=O)O. The number of esters is 2. The van der Waals surface area contributed by atoms with Crippen LogP contribution in [-0.4, -0.2) is 84.4 Å². The van der Waals surface area contributed by atoms with Gasteiger partial charge in [0.15, 0.2) is 6.10 Å². The fourth-order valence-corrected chi connectivity index (χ4v) is 5.79.